The van der Waals surface area contributed by atoms with Crippen LogP contribution in [0.3, 0.4) is 0 Å². The molecular formula is C11H10ClN3O2S. The number of nitrogens with zero attached hydrogens (tertiary/aromatic N) is 1. The van der Waals surface area contributed by atoms with Crippen molar-refractivity contribution < 1.29 is 9.59 Å². The fourth-order valence-electron chi connectivity index (χ4n) is 1.44. The lowest BCUT2D eigenvalue weighted by Crippen LogP contribution is -2.33. The van der Waals surface area contributed by atoms with Gasteiger partial charge in [0.25, 0.3) is 0 Å². The van der Waals surface area contributed by atoms with Crippen LogP contribution in [0.1, 0.15) is 6.42 Å². The molecule has 0 bridgehead atoms. The highest BCUT2D eigenvalue weighted by Crippen LogP contribution is 2.22. The summed E-state index contributed by atoms with van der Waals surface area (Å²) in [5, 5.41) is 2.88. The van der Waals surface area contributed by atoms with Gasteiger partial charge in [0.05, 0.1) is 6.42 Å². The molecule has 0 spiro atoms. The molecule has 0 radical (unpaired) electrons. The van der Waals surface area contributed by atoms with Crippen LogP contribution in [0.4, 0.5) is 5.69 Å². The second kappa shape index (κ2) is 5.41. The number of amidine groups is 1. The van der Waals surface area contributed by atoms with E-state index in [1.165, 1.54) is 0 Å². The van der Waals surface area contributed by atoms with Crippen molar-refractivity contribution in [3.63, 3.8) is 0 Å². The number of thioether (sulfide) groups is 1. The maximum Gasteiger partial charge on any atom is 0.249 e. The number of nitrogens with one attached hydrogen (secondary N) is 1. The van der Waals surface area contributed by atoms with Gasteiger partial charge in [-0.1, -0.05) is 23.4 Å². The van der Waals surface area contributed by atoms with E-state index in [9.17, 15) is 9.59 Å². The highest BCUT2D eigenvalue weighted by atomic mass is 35.5. The molecule has 1 aliphatic heterocycles. The van der Waals surface area contributed by atoms with Crippen molar-refractivity contribution in [3.8, 4) is 0 Å². The monoisotopic (exact) mass is 283 g/mol. The van der Waals surface area contributed by atoms with Crippen LogP contribution in [0, 0.1) is 0 Å². The number of carbonyl (C=O) groups is 2. The SMILES string of the molecule is NC1=NC(=O)C[C@H](C(=O)Nc2ccc(Cl)cc2)S1. The van der Waals surface area contributed by atoms with Crippen molar-refractivity contribution in [1.82, 2.24) is 0 Å². The van der Waals surface area contributed by atoms with Crippen molar-refractivity contribution in [2.75, 3.05) is 5.32 Å². The average molecular weight is 284 g/mol. The fourth-order valence-corrected chi connectivity index (χ4v) is 2.41. The Morgan fingerprint density at radius 2 is 2.11 bits per heavy atom. The molecule has 0 aromatic heterocycles. The third-order valence-corrected chi connectivity index (χ3v) is 3.51. The Morgan fingerprint density at radius 3 is 2.72 bits per heavy atom. The molecule has 2 amide bonds. The number of halogens is 1. The van der Waals surface area contributed by atoms with Crippen LogP contribution >= 0.6 is 23.4 Å². The van der Waals surface area contributed by atoms with Crippen LogP contribution in [-0.2, 0) is 9.59 Å². The molecule has 1 atom stereocenters. The predicted molar refractivity (Wildman–Crippen MR) is 72.7 cm³/mol. The van der Waals surface area contributed by atoms with Crippen molar-refractivity contribution >= 4 is 46.0 Å². The van der Waals surface area contributed by atoms with Gasteiger partial charge < -0.3 is 11.1 Å². The van der Waals surface area contributed by atoms with Crippen molar-refractivity contribution in [1.29, 1.82) is 0 Å². The smallest absolute Gasteiger partial charge is 0.249 e. The standard InChI is InChI=1S/C11H10ClN3O2S/c12-6-1-3-7(4-2-6)14-10(17)8-5-9(16)15-11(13)18-8/h1-4,8H,5H2,(H,14,17)(H2,13,15,16)/t8-/m1/s1. The third-order valence-electron chi connectivity index (χ3n) is 2.26. The van der Waals surface area contributed by atoms with E-state index in [1.54, 1.807) is 24.3 Å². The van der Waals surface area contributed by atoms with Crippen LogP contribution in [0.15, 0.2) is 29.3 Å². The van der Waals surface area contributed by atoms with Crippen LogP contribution < -0.4 is 11.1 Å². The number of aliphatic imine (C=N–C) groups is 1. The first-order chi connectivity index (χ1) is 8.54. The molecule has 2 rings (SSSR count). The fraction of sp³-hybridized carbons (Fsp3) is 0.182. The molecule has 0 aliphatic carbocycles. The zero-order chi connectivity index (χ0) is 13.1. The Balaban J connectivity index is 2.02. The maximum absolute atomic E-state index is 11.9. The number of hydrogen-bond acceptors (Lipinski definition) is 4. The number of nitrogens with two attached hydrogens (primary N) is 1. The van der Waals surface area contributed by atoms with Crippen LogP contribution in [0.25, 0.3) is 0 Å². The lowest BCUT2D eigenvalue weighted by Gasteiger charge is -2.17. The number of rotatable bonds is 2. The summed E-state index contributed by atoms with van der Waals surface area (Å²) < 4.78 is 0. The number of anilines is 1. The van der Waals surface area contributed by atoms with Gasteiger partial charge >= 0.3 is 0 Å². The van der Waals surface area contributed by atoms with Gasteiger partial charge in [-0.05, 0) is 24.3 Å². The Morgan fingerprint density at radius 1 is 1.44 bits per heavy atom. The van der Waals surface area contributed by atoms with E-state index >= 15 is 0 Å². The lowest BCUT2D eigenvalue weighted by atomic mass is 10.2. The van der Waals surface area contributed by atoms with Crippen LogP contribution in [0.2, 0.25) is 5.02 Å². The Hall–Kier alpha value is -1.53. The Labute approximate surface area is 113 Å². The lowest BCUT2D eigenvalue weighted by molar-refractivity contribution is -0.121. The maximum atomic E-state index is 11.9. The van der Waals surface area contributed by atoms with E-state index in [1.807, 2.05) is 0 Å². The first-order valence-corrected chi connectivity index (χ1v) is 6.40. The first-order valence-electron chi connectivity index (χ1n) is 5.14. The number of hydrogen-bond donors (Lipinski definition) is 2. The van der Waals surface area contributed by atoms with Gasteiger partial charge in [0.2, 0.25) is 11.8 Å². The molecule has 18 heavy (non-hydrogen) atoms. The van der Waals surface area contributed by atoms with Gasteiger partial charge in [-0.25, -0.2) is 0 Å². The molecule has 7 heteroatoms. The summed E-state index contributed by atoms with van der Waals surface area (Å²) in [6, 6.07) is 6.72. The van der Waals surface area contributed by atoms with Gasteiger partial charge in [-0.2, -0.15) is 4.99 Å². The molecular weight excluding hydrogens is 274 g/mol. The third kappa shape index (κ3) is 3.24. The average Bonchev–Trinajstić information content (AvgIpc) is 2.31. The van der Waals surface area contributed by atoms with E-state index in [0.29, 0.717) is 10.7 Å². The molecule has 0 saturated carbocycles. The highest BCUT2D eigenvalue weighted by molar-refractivity contribution is 8.15. The molecule has 1 aromatic rings. The number of carbonyl (C=O) groups excluding carboxylic acids is 2. The normalized spacial score (nSPS) is 19.3. The zero-order valence-corrected chi connectivity index (χ0v) is 10.8. The molecule has 3 N–H and O–H groups in total. The zero-order valence-electron chi connectivity index (χ0n) is 9.22. The molecule has 5 nitrogen and oxygen atoms in total. The number of benzene rings is 1. The quantitative estimate of drug-likeness (QED) is 0.864. The predicted octanol–water partition coefficient (Wildman–Crippen LogP) is 1.63. The molecule has 1 aromatic carbocycles. The largest absolute Gasteiger partial charge is 0.378 e. The van der Waals surface area contributed by atoms with Crippen molar-refractivity contribution in [2.24, 2.45) is 10.7 Å². The minimum absolute atomic E-state index is 0.0603. The van der Waals surface area contributed by atoms with Gasteiger partial charge in [0.15, 0.2) is 5.17 Å². The molecule has 0 saturated heterocycles. The van der Waals surface area contributed by atoms with E-state index in [-0.39, 0.29) is 23.4 Å². The summed E-state index contributed by atoms with van der Waals surface area (Å²) in [6.07, 6.45) is 0.0603. The summed E-state index contributed by atoms with van der Waals surface area (Å²) >= 11 is 6.83. The van der Waals surface area contributed by atoms with E-state index in [2.05, 4.69) is 10.3 Å². The van der Waals surface area contributed by atoms with Gasteiger partial charge in [0, 0.05) is 10.7 Å². The minimum atomic E-state index is -0.536. The first kappa shape index (κ1) is 12.9. The van der Waals surface area contributed by atoms with Crippen molar-refractivity contribution in [2.45, 2.75) is 11.7 Å². The van der Waals surface area contributed by atoms with Gasteiger partial charge in [-0.3, -0.25) is 9.59 Å². The Kier molecular flexibility index (Phi) is 3.88. The summed E-state index contributed by atoms with van der Waals surface area (Å²) in [6.45, 7) is 0. The summed E-state index contributed by atoms with van der Waals surface area (Å²) in [4.78, 5) is 26.7. The van der Waals surface area contributed by atoms with E-state index in [0.717, 1.165) is 11.8 Å². The second-order valence-corrected chi connectivity index (χ2v) is 5.31. The van der Waals surface area contributed by atoms with Gasteiger partial charge in [-0.15, -0.1) is 0 Å². The van der Waals surface area contributed by atoms with E-state index in [4.69, 9.17) is 17.3 Å². The Bertz CT molecular complexity index is 516. The highest BCUT2D eigenvalue weighted by Gasteiger charge is 2.27. The second-order valence-electron chi connectivity index (χ2n) is 3.65. The molecule has 0 unspecified atom stereocenters. The topological polar surface area (TPSA) is 84.5 Å². The molecule has 0 fully saturated rings. The molecule has 1 aliphatic rings. The minimum Gasteiger partial charge on any atom is -0.378 e. The van der Waals surface area contributed by atoms with Gasteiger partial charge in [0.1, 0.15) is 5.25 Å². The molecule has 1 heterocycles. The summed E-state index contributed by atoms with van der Waals surface area (Å²) in [5.74, 6) is -0.643. The number of amides is 2. The van der Waals surface area contributed by atoms with E-state index < -0.39 is 5.25 Å². The van der Waals surface area contributed by atoms with Crippen molar-refractivity contribution in [3.05, 3.63) is 29.3 Å². The molecule has 94 valence electrons. The summed E-state index contributed by atoms with van der Waals surface area (Å²) in [5.41, 5.74) is 6.08. The summed E-state index contributed by atoms with van der Waals surface area (Å²) in [7, 11) is 0. The van der Waals surface area contributed by atoms with Crippen LogP contribution in [0.5, 0.6) is 0 Å². The van der Waals surface area contributed by atoms with Crippen LogP contribution in [-0.4, -0.2) is 22.2 Å².